The summed E-state index contributed by atoms with van der Waals surface area (Å²) >= 11 is 0. The van der Waals surface area contributed by atoms with Gasteiger partial charge in [-0.2, -0.15) is 0 Å². The lowest BCUT2D eigenvalue weighted by molar-refractivity contribution is 0.00578. The molecule has 0 spiro atoms. The van der Waals surface area contributed by atoms with Gasteiger partial charge in [0.15, 0.2) is 0 Å². The monoisotopic (exact) mass is 471 g/mol. The highest BCUT2D eigenvalue weighted by atomic mass is 16.7. The van der Waals surface area contributed by atoms with E-state index in [9.17, 15) is 0 Å². The predicted octanol–water partition coefficient (Wildman–Crippen LogP) is 7.25. The Morgan fingerprint density at radius 3 is 2.28 bits per heavy atom. The van der Waals surface area contributed by atoms with Gasteiger partial charge in [-0.25, -0.2) is 0 Å². The average molecular weight is 471 g/mol. The largest absolute Gasteiger partial charge is 0.498 e. The highest BCUT2D eigenvalue weighted by Gasteiger charge is 2.52. The van der Waals surface area contributed by atoms with E-state index in [1.807, 2.05) is 18.5 Å². The van der Waals surface area contributed by atoms with Crippen LogP contribution in [0.1, 0.15) is 27.7 Å². The van der Waals surface area contributed by atoms with Crippen LogP contribution >= 0.6 is 0 Å². The number of furan rings is 1. The maximum absolute atomic E-state index is 6.62. The van der Waals surface area contributed by atoms with Gasteiger partial charge in [0.25, 0.3) is 0 Å². The second-order valence-electron chi connectivity index (χ2n) is 10.7. The summed E-state index contributed by atoms with van der Waals surface area (Å²) in [5.41, 5.74) is 4.06. The third kappa shape index (κ3) is 3.06. The molecule has 1 aliphatic heterocycles. The fourth-order valence-electron chi connectivity index (χ4n) is 5.33. The molecule has 1 fully saturated rings. The number of para-hydroxylation sites is 1. The summed E-state index contributed by atoms with van der Waals surface area (Å²) in [6.45, 7) is 8.30. The number of benzene rings is 4. The fourth-order valence-corrected chi connectivity index (χ4v) is 5.33. The van der Waals surface area contributed by atoms with Gasteiger partial charge >= 0.3 is 7.12 Å². The second-order valence-corrected chi connectivity index (χ2v) is 10.7. The van der Waals surface area contributed by atoms with Gasteiger partial charge in [-0.15, -0.1) is 0 Å². The van der Waals surface area contributed by atoms with Crippen LogP contribution in [0.3, 0.4) is 0 Å². The molecule has 1 saturated heterocycles. The minimum absolute atomic E-state index is 0.419. The van der Waals surface area contributed by atoms with Crippen LogP contribution in [0, 0.1) is 0 Å². The molecule has 36 heavy (non-hydrogen) atoms. The van der Waals surface area contributed by atoms with Crippen LogP contribution in [0.2, 0.25) is 0 Å². The van der Waals surface area contributed by atoms with E-state index >= 15 is 0 Å². The zero-order valence-corrected chi connectivity index (χ0v) is 20.8. The molecule has 4 nitrogen and oxygen atoms in total. The molecule has 176 valence electrons. The van der Waals surface area contributed by atoms with Gasteiger partial charge in [-0.1, -0.05) is 54.6 Å². The van der Waals surface area contributed by atoms with Crippen molar-refractivity contribution in [1.29, 1.82) is 0 Å². The van der Waals surface area contributed by atoms with Crippen LogP contribution in [0.15, 0.2) is 89.6 Å². The van der Waals surface area contributed by atoms with Crippen LogP contribution in [0.5, 0.6) is 0 Å². The van der Waals surface area contributed by atoms with Gasteiger partial charge in [0.05, 0.1) is 11.2 Å². The third-order valence-corrected chi connectivity index (χ3v) is 7.99. The number of aromatic nitrogens is 1. The second kappa shape index (κ2) is 7.42. The lowest BCUT2D eigenvalue weighted by atomic mass is 9.78. The van der Waals surface area contributed by atoms with Crippen molar-refractivity contribution in [3.05, 3.63) is 85.2 Å². The Morgan fingerprint density at radius 2 is 1.47 bits per heavy atom. The summed E-state index contributed by atoms with van der Waals surface area (Å²) in [6.07, 6.45) is 3.74. The van der Waals surface area contributed by atoms with Gasteiger partial charge < -0.3 is 13.7 Å². The first-order valence-electron chi connectivity index (χ1n) is 12.4. The van der Waals surface area contributed by atoms with Crippen LogP contribution in [0.25, 0.3) is 54.6 Å². The number of nitrogens with zero attached hydrogens (tertiary/aromatic N) is 1. The molecule has 0 amide bonds. The Balaban J connectivity index is 1.49. The van der Waals surface area contributed by atoms with Crippen LogP contribution in [0.4, 0.5) is 0 Å². The van der Waals surface area contributed by atoms with Gasteiger partial charge in [-0.05, 0) is 73.2 Å². The van der Waals surface area contributed by atoms with E-state index in [1.54, 1.807) is 0 Å². The van der Waals surface area contributed by atoms with E-state index < -0.39 is 18.3 Å². The lowest BCUT2D eigenvalue weighted by Crippen LogP contribution is -2.41. The van der Waals surface area contributed by atoms with E-state index in [0.29, 0.717) is 0 Å². The first-order valence-corrected chi connectivity index (χ1v) is 12.4. The minimum atomic E-state index is -0.487. The maximum Gasteiger partial charge on any atom is 0.498 e. The van der Waals surface area contributed by atoms with Gasteiger partial charge in [0, 0.05) is 34.0 Å². The zero-order valence-electron chi connectivity index (χ0n) is 20.8. The summed E-state index contributed by atoms with van der Waals surface area (Å²) in [4.78, 5) is 4.25. The zero-order chi connectivity index (χ0) is 24.7. The van der Waals surface area contributed by atoms with E-state index in [1.165, 1.54) is 16.2 Å². The Labute approximate surface area is 210 Å². The molecular weight excluding hydrogens is 445 g/mol. The van der Waals surface area contributed by atoms with Crippen molar-refractivity contribution in [3.8, 4) is 11.1 Å². The van der Waals surface area contributed by atoms with Crippen molar-refractivity contribution >= 4 is 56.1 Å². The molecule has 0 N–H and O–H groups in total. The lowest BCUT2D eigenvalue weighted by Gasteiger charge is -2.32. The van der Waals surface area contributed by atoms with Gasteiger partial charge in [0.2, 0.25) is 0 Å². The number of hydrogen-bond donors (Lipinski definition) is 0. The molecule has 2 aromatic heterocycles. The Bertz CT molecular complexity index is 1800. The third-order valence-electron chi connectivity index (χ3n) is 7.99. The van der Waals surface area contributed by atoms with Crippen LogP contribution in [-0.2, 0) is 9.31 Å². The van der Waals surface area contributed by atoms with Crippen molar-refractivity contribution < 1.29 is 13.7 Å². The van der Waals surface area contributed by atoms with Gasteiger partial charge in [0.1, 0.15) is 11.2 Å². The SMILES string of the molecule is CC1(C)OB(c2cccc3c2oc2cc(-c4ccc5cnccc5c4)c4ccccc4c23)OC1(C)C. The normalized spacial score (nSPS) is 17.1. The average Bonchev–Trinajstić information content (AvgIpc) is 3.36. The molecule has 0 radical (unpaired) electrons. The summed E-state index contributed by atoms with van der Waals surface area (Å²) in [6, 6.07) is 25.6. The Kier molecular flexibility index (Phi) is 4.45. The Morgan fingerprint density at radius 1 is 0.722 bits per heavy atom. The number of rotatable bonds is 2. The molecule has 6 aromatic rings. The van der Waals surface area contributed by atoms with Crippen molar-refractivity contribution in [3.63, 3.8) is 0 Å². The first-order chi connectivity index (χ1) is 17.3. The van der Waals surface area contributed by atoms with Gasteiger partial charge in [-0.3, -0.25) is 4.98 Å². The molecular formula is C31H26BNO3. The van der Waals surface area contributed by atoms with Crippen LogP contribution < -0.4 is 5.46 Å². The molecule has 0 aliphatic carbocycles. The summed E-state index contributed by atoms with van der Waals surface area (Å²) in [5.74, 6) is 0. The molecule has 5 heteroatoms. The maximum atomic E-state index is 6.62. The van der Waals surface area contributed by atoms with Crippen molar-refractivity contribution in [2.24, 2.45) is 0 Å². The molecule has 0 saturated carbocycles. The summed E-state index contributed by atoms with van der Waals surface area (Å²) in [5, 5.41) is 6.85. The molecule has 4 aromatic carbocycles. The Hall–Kier alpha value is -3.67. The topological polar surface area (TPSA) is 44.5 Å². The molecule has 0 unspecified atom stereocenters. The molecule has 3 heterocycles. The van der Waals surface area contributed by atoms with E-state index in [2.05, 4.69) is 99.4 Å². The highest BCUT2D eigenvalue weighted by molar-refractivity contribution is 6.65. The smallest absolute Gasteiger partial charge is 0.456 e. The molecule has 0 atom stereocenters. The van der Waals surface area contributed by atoms with E-state index in [4.69, 9.17) is 13.7 Å². The molecule has 1 aliphatic rings. The van der Waals surface area contributed by atoms with Crippen molar-refractivity contribution in [2.45, 2.75) is 38.9 Å². The van der Waals surface area contributed by atoms with Crippen molar-refractivity contribution in [1.82, 2.24) is 4.98 Å². The molecule has 0 bridgehead atoms. The number of hydrogen-bond acceptors (Lipinski definition) is 4. The minimum Gasteiger partial charge on any atom is -0.456 e. The quantitative estimate of drug-likeness (QED) is 0.250. The number of fused-ring (bicyclic) bond motifs is 6. The fraction of sp³-hybridized carbons (Fsp3) is 0.194. The predicted molar refractivity (Wildman–Crippen MR) is 148 cm³/mol. The standard InChI is InChI=1S/C31H26BNO3/c1-30(2)31(3,4)36-32(35-30)26-11-7-10-24-28-23-9-6-5-8-22(23)25(17-27(28)34-29(24)26)20-12-13-21-18-33-15-14-19(21)16-20/h5-18H,1-4H3. The van der Waals surface area contributed by atoms with Crippen LogP contribution in [-0.4, -0.2) is 23.3 Å². The summed E-state index contributed by atoms with van der Waals surface area (Å²) < 4.78 is 19.4. The van der Waals surface area contributed by atoms with E-state index in [-0.39, 0.29) is 0 Å². The van der Waals surface area contributed by atoms with E-state index in [0.717, 1.165) is 43.9 Å². The first kappa shape index (κ1) is 21.6. The van der Waals surface area contributed by atoms with Crippen molar-refractivity contribution in [2.75, 3.05) is 0 Å². The number of pyridine rings is 1. The molecule has 7 rings (SSSR count). The summed E-state index contributed by atoms with van der Waals surface area (Å²) in [7, 11) is -0.487. The highest BCUT2D eigenvalue weighted by Crippen LogP contribution is 2.41.